The minimum Gasteiger partial charge on any atom is -0.486 e. The first-order valence-electron chi connectivity index (χ1n) is 5.99. The zero-order chi connectivity index (χ0) is 12.0. The van der Waals surface area contributed by atoms with Gasteiger partial charge >= 0.3 is 0 Å². The molecule has 0 saturated heterocycles. The van der Waals surface area contributed by atoms with Crippen LogP contribution in [0.2, 0.25) is 0 Å². The molecule has 1 aromatic rings. The molecule has 0 aromatic heterocycles. The van der Waals surface area contributed by atoms with E-state index in [9.17, 15) is 4.39 Å². The maximum absolute atomic E-state index is 13.9. The second-order valence-corrected chi connectivity index (χ2v) is 4.93. The Kier molecular flexibility index (Phi) is 2.30. The molecule has 3 nitrogen and oxygen atoms in total. The van der Waals surface area contributed by atoms with Crippen molar-refractivity contribution in [2.75, 3.05) is 13.2 Å². The van der Waals surface area contributed by atoms with Crippen LogP contribution in [-0.2, 0) is 5.41 Å². The highest BCUT2D eigenvalue weighted by Crippen LogP contribution is 2.52. The predicted molar refractivity (Wildman–Crippen MR) is 62.0 cm³/mol. The van der Waals surface area contributed by atoms with Crippen molar-refractivity contribution in [3.63, 3.8) is 0 Å². The van der Waals surface area contributed by atoms with E-state index >= 15 is 0 Å². The van der Waals surface area contributed by atoms with E-state index in [4.69, 9.17) is 15.2 Å². The second kappa shape index (κ2) is 3.60. The number of hydrogen-bond acceptors (Lipinski definition) is 3. The molecule has 1 aliphatic carbocycles. The van der Waals surface area contributed by atoms with Crippen molar-refractivity contribution in [3.8, 4) is 11.5 Å². The average molecular weight is 237 g/mol. The SMILES string of the molecule is CC(N)C1(c2cc(F)c3c(c2)OCCO3)CC1. The number of fused-ring (bicyclic) bond motifs is 1. The van der Waals surface area contributed by atoms with Crippen LogP contribution in [0.5, 0.6) is 11.5 Å². The van der Waals surface area contributed by atoms with Crippen molar-refractivity contribution >= 4 is 0 Å². The molecule has 1 saturated carbocycles. The first kappa shape index (κ1) is 10.8. The van der Waals surface area contributed by atoms with Crippen LogP contribution >= 0.6 is 0 Å². The lowest BCUT2D eigenvalue weighted by Crippen LogP contribution is -2.31. The van der Waals surface area contributed by atoms with E-state index < -0.39 is 0 Å². The second-order valence-electron chi connectivity index (χ2n) is 4.93. The van der Waals surface area contributed by atoms with Gasteiger partial charge in [-0.15, -0.1) is 0 Å². The van der Waals surface area contributed by atoms with Crippen LogP contribution in [0.1, 0.15) is 25.3 Å². The van der Waals surface area contributed by atoms with Crippen LogP contribution < -0.4 is 15.2 Å². The van der Waals surface area contributed by atoms with Crippen molar-refractivity contribution in [1.82, 2.24) is 0 Å². The highest BCUT2D eigenvalue weighted by Gasteiger charge is 2.48. The van der Waals surface area contributed by atoms with Crippen molar-refractivity contribution in [3.05, 3.63) is 23.5 Å². The summed E-state index contributed by atoms with van der Waals surface area (Å²) in [5.74, 6) is 0.405. The molecule has 3 rings (SSSR count). The zero-order valence-electron chi connectivity index (χ0n) is 9.83. The van der Waals surface area contributed by atoms with Crippen LogP contribution in [0.3, 0.4) is 0 Å². The lowest BCUT2D eigenvalue weighted by atomic mass is 9.89. The van der Waals surface area contributed by atoms with Gasteiger partial charge in [0.1, 0.15) is 13.2 Å². The summed E-state index contributed by atoms with van der Waals surface area (Å²) in [4.78, 5) is 0. The van der Waals surface area contributed by atoms with E-state index in [0.717, 1.165) is 18.4 Å². The fourth-order valence-electron chi connectivity index (χ4n) is 2.54. The molecule has 0 radical (unpaired) electrons. The molecule has 1 unspecified atom stereocenters. The van der Waals surface area contributed by atoms with E-state index in [1.165, 1.54) is 0 Å². The Bertz CT molecular complexity index is 455. The maximum Gasteiger partial charge on any atom is 0.197 e. The lowest BCUT2D eigenvalue weighted by Gasteiger charge is -2.24. The van der Waals surface area contributed by atoms with Gasteiger partial charge in [-0.05, 0) is 37.5 Å². The Morgan fingerprint density at radius 1 is 1.29 bits per heavy atom. The molecule has 2 N–H and O–H groups in total. The molecule has 1 aromatic carbocycles. The highest BCUT2D eigenvalue weighted by atomic mass is 19.1. The number of halogens is 1. The summed E-state index contributed by atoms with van der Waals surface area (Å²) in [6.07, 6.45) is 2.04. The van der Waals surface area contributed by atoms with Gasteiger partial charge in [-0.3, -0.25) is 0 Å². The van der Waals surface area contributed by atoms with E-state index in [-0.39, 0.29) is 23.0 Å². The fraction of sp³-hybridized carbons (Fsp3) is 0.538. The quantitative estimate of drug-likeness (QED) is 0.855. The van der Waals surface area contributed by atoms with Crippen LogP contribution in [-0.4, -0.2) is 19.3 Å². The standard InChI is InChI=1S/C13H16FNO2/c1-8(15)13(2-3-13)9-6-10(14)12-11(7-9)16-4-5-17-12/h6-8H,2-5,15H2,1H3. The number of ether oxygens (including phenoxy) is 2. The van der Waals surface area contributed by atoms with Crippen LogP contribution in [0.4, 0.5) is 4.39 Å². The molecule has 1 heterocycles. The summed E-state index contributed by atoms with van der Waals surface area (Å²) in [5, 5.41) is 0. The third-order valence-corrected chi connectivity index (χ3v) is 3.83. The summed E-state index contributed by atoms with van der Waals surface area (Å²) < 4.78 is 24.6. The molecule has 1 fully saturated rings. The molecular formula is C13H16FNO2. The van der Waals surface area contributed by atoms with Crippen molar-refractivity contribution in [2.24, 2.45) is 5.73 Å². The Labute approximate surface area is 99.7 Å². The predicted octanol–water partition coefficient (Wildman–Crippen LogP) is 1.98. The normalized spacial score (nSPS) is 22.1. The molecule has 1 aliphatic heterocycles. The Morgan fingerprint density at radius 2 is 2.00 bits per heavy atom. The van der Waals surface area contributed by atoms with Gasteiger partial charge in [0.15, 0.2) is 17.3 Å². The molecule has 0 amide bonds. The molecule has 17 heavy (non-hydrogen) atoms. The summed E-state index contributed by atoms with van der Waals surface area (Å²) in [6.45, 7) is 2.85. The van der Waals surface area contributed by atoms with Gasteiger partial charge in [0.25, 0.3) is 0 Å². The lowest BCUT2D eigenvalue weighted by molar-refractivity contribution is 0.164. The summed E-state index contributed by atoms with van der Waals surface area (Å²) in [6, 6.07) is 3.46. The first-order chi connectivity index (χ1) is 8.13. The zero-order valence-corrected chi connectivity index (χ0v) is 9.83. The smallest absolute Gasteiger partial charge is 0.197 e. The first-order valence-corrected chi connectivity index (χ1v) is 5.99. The van der Waals surface area contributed by atoms with Gasteiger partial charge in [-0.25, -0.2) is 4.39 Å². The summed E-state index contributed by atoms with van der Waals surface area (Å²) >= 11 is 0. The Hall–Kier alpha value is -1.29. The van der Waals surface area contributed by atoms with E-state index in [1.807, 2.05) is 13.0 Å². The van der Waals surface area contributed by atoms with Crippen LogP contribution in [0.15, 0.2) is 12.1 Å². The van der Waals surface area contributed by atoms with Crippen LogP contribution in [0.25, 0.3) is 0 Å². The Morgan fingerprint density at radius 3 is 2.65 bits per heavy atom. The third kappa shape index (κ3) is 1.59. The average Bonchev–Trinajstić information content (AvgIpc) is 3.10. The fourth-order valence-corrected chi connectivity index (χ4v) is 2.54. The van der Waals surface area contributed by atoms with E-state index in [1.54, 1.807) is 6.07 Å². The molecule has 1 atom stereocenters. The van der Waals surface area contributed by atoms with Gasteiger partial charge in [0.05, 0.1) is 0 Å². The number of rotatable bonds is 2. The van der Waals surface area contributed by atoms with Crippen molar-refractivity contribution in [2.45, 2.75) is 31.2 Å². The van der Waals surface area contributed by atoms with Crippen LogP contribution in [0, 0.1) is 5.82 Å². The van der Waals surface area contributed by atoms with Gasteiger partial charge in [-0.1, -0.05) is 0 Å². The molecule has 0 spiro atoms. The molecule has 92 valence electrons. The van der Waals surface area contributed by atoms with Crippen molar-refractivity contribution < 1.29 is 13.9 Å². The van der Waals surface area contributed by atoms with Gasteiger partial charge < -0.3 is 15.2 Å². The largest absolute Gasteiger partial charge is 0.486 e. The van der Waals surface area contributed by atoms with Gasteiger partial charge in [-0.2, -0.15) is 0 Å². The topological polar surface area (TPSA) is 44.5 Å². The molecular weight excluding hydrogens is 221 g/mol. The van der Waals surface area contributed by atoms with Gasteiger partial charge in [0, 0.05) is 11.5 Å². The molecule has 4 heteroatoms. The van der Waals surface area contributed by atoms with Gasteiger partial charge in [0.2, 0.25) is 0 Å². The number of benzene rings is 1. The highest BCUT2D eigenvalue weighted by molar-refractivity contribution is 5.49. The maximum atomic E-state index is 13.9. The van der Waals surface area contributed by atoms with Crippen molar-refractivity contribution in [1.29, 1.82) is 0 Å². The molecule has 0 bridgehead atoms. The molecule has 2 aliphatic rings. The minimum atomic E-state index is -0.343. The number of hydrogen-bond donors (Lipinski definition) is 1. The summed E-state index contributed by atoms with van der Waals surface area (Å²) in [7, 11) is 0. The summed E-state index contributed by atoms with van der Waals surface area (Å²) in [5.41, 5.74) is 6.88. The monoisotopic (exact) mass is 237 g/mol. The van der Waals surface area contributed by atoms with E-state index in [2.05, 4.69) is 0 Å². The Balaban J connectivity index is 2.05. The van der Waals surface area contributed by atoms with E-state index in [0.29, 0.717) is 19.0 Å². The third-order valence-electron chi connectivity index (χ3n) is 3.83. The number of nitrogens with two attached hydrogens (primary N) is 1. The minimum absolute atomic E-state index is 0.0319.